The molecule has 4 nitrogen and oxygen atoms in total. The Balaban J connectivity index is 2.12. The van der Waals surface area contributed by atoms with Gasteiger partial charge in [0.1, 0.15) is 11.3 Å². The van der Waals surface area contributed by atoms with Gasteiger partial charge in [0.15, 0.2) is 20.4 Å². The lowest BCUT2D eigenvalue weighted by atomic mass is 10.2. The normalized spacial score (nSPS) is 21.6. The van der Waals surface area contributed by atoms with Gasteiger partial charge >= 0.3 is 0 Å². The van der Waals surface area contributed by atoms with Crippen LogP contribution in [0.2, 0.25) is 0 Å². The highest BCUT2D eigenvalue weighted by Gasteiger charge is 2.32. The van der Waals surface area contributed by atoms with Crippen molar-refractivity contribution in [2.75, 3.05) is 5.75 Å². The molecule has 3 rings (SSSR count). The van der Waals surface area contributed by atoms with Gasteiger partial charge in [-0.1, -0.05) is 0 Å². The van der Waals surface area contributed by atoms with Crippen LogP contribution in [0.4, 0.5) is 8.78 Å². The maximum absolute atomic E-state index is 13.7. The van der Waals surface area contributed by atoms with E-state index in [0.29, 0.717) is 12.8 Å². The second kappa shape index (κ2) is 4.63. The average Bonchev–Trinajstić information content (AvgIpc) is 2.83. The average molecular weight is 318 g/mol. The van der Waals surface area contributed by atoms with Gasteiger partial charge in [-0.2, -0.15) is 0 Å². The summed E-state index contributed by atoms with van der Waals surface area (Å²) in [7, 11) is -3.14. The predicted molar refractivity (Wildman–Crippen MR) is 73.8 cm³/mol. The standard InChI is InChI=1S/C12H12F2N2O2S2/c13-7-4-9(14)11-10(5-7)16(12(19)15-11)6-8-2-1-3-20(8,17)18/h4-5,8H,1-3,6H2,(H,15,19). The van der Waals surface area contributed by atoms with E-state index in [-0.39, 0.29) is 28.1 Å². The third-order valence-electron chi connectivity index (χ3n) is 3.65. The Morgan fingerprint density at radius 3 is 2.80 bits per heavy atom. The Bertz CT molecular complexity index is 839. The molecule has 1 fully saturated rings. The summed E-state index contributed by atoms with van der Waals surface area (Å²) >= 11 is 5.09. The maximum Gasteiger partial charge on any atom is 0.178 e. The number of benzene rings is 1. The molecule has 108 valence electrons. The molecular formula is C12H12F2N2O2S2. The number of imidazole rings is 1. The highest BCUT2D eigenvalue weighted by atomic mass is 32.2. The van der Waals surface area contributed by atoms with Crippen molar-refractivity contribution in [1.29, 1.82) is 0 Å². The van der Waals surface area contributed by atoms with Crippen LogP contribution in [-0.4, -0.2) is 29.0 Å². The summed E-state index contributed by atoms with van der Waals surface area (Å²) in [5.41, 5.74) is 0.362. The smallest absolute Gasteiger partial charge is 0.178 e. The lowest BCUT2D eigenvalue weighted by Gasteiger charge is -2.11. The van der Waals surface area contributed by atoms with Gasteiger partial charge in [0.25, 0.3) is 0 Å². The second-order valence-electron chi connectivity index (χ2n) is 4.95. The molecule has 0 bridgehead atoms. The van der Waals surface area contributed by atoms with Crippen molar-refractivity contribution in [3.63, 3.8) is 0 Å². The van der Waals surface area contributed by atoms with Crippen LogP contribution in [0.3, 0.4) is 0 Å². The molecule has 1 aliphatic heterocycles. The molecule has 8 heteroatoms. The van der Waals surface area contributed by atoms with E-state index in [1.807, 2.05) is 0 Å². The number of rotatable bonds is 2. The molecule has 0 aliphatic carbocycles. The zero-order valence-electron chi connectivity index (χ0n) is 10.4. The Labute approximate surface area is 119 Å². The molecule has 1 aromatic carbocycles. The fourth-order valence-electron chi connectivity index (χ4n) is 2.63. The summed E-state index contributed by atoms with van der Waals surface area (Å²) < 4.78 is 52.4. The molecule has 0 saturated carbocycles. The molecule has 1 atom stereocenters. The van der Waals surface area contributed by atoms with E-state index >= 15 is 0 Å². The predicted octanol–water partition coefficient (Wildman–Crippen LogP) is 2.55. The summed E-state index contributed by atoms with van der Waals surface area (Å²) in [5, 5.41) is -0.542. The van der Waals surface area contributed by atoms with Crippen LogP contribution in [0.15, 0.2) is 12.1 Å². The Kier molecular flexibility index (Phi) is 3.17. The summed E-state index contributed by atoms with van der Waals surface area (Å²) in [6, 6.07) is 1.93. The Morgan fingerprint density at radius 2 is 2.15 bits per heavy atom. The van der Waals surface area contributed by atoms with E-state index in [4.69, 9.17) is 12.2 Å². The van der Waals surface area contributed by atoms with Gasteiger partial charge in [0.05, 0.1) is 16.5 Å². The quantitative estimate of drug-likeness (QED) is 0.866. The first-order valence-corrected chi connectivity index (χ1v) is 8.30. The fourth-order valence-corrected chi connectivity index (χ4v) is 4.71. The number of nitrogens with zero attached hydrogens (tertiary/aromatic N) is 1. The number of hydrogen-bond acceptors (Lipinski definition) is 3. The van der Waals surface area contributed by atoms with Gasteiger partial charge in [-0.3, -0.25) is 0 Å². The molecule has 0 radical (unpaired) electrons. The van der Waals surface area contributed by atoms with Gasteiger partial charge < -0.3 is 9.55 Å². The number of H-pyrrole nitrogens is 1. The van der Waals surface area contributed by atoms with Crippen molar-refractivity contribution in [3.05, 3.63) is 28.5 Å². The number of fused-ring (bicyclic) bond motifs is 1. The molecule has 0 spiro atoms. The maximum atomic E-state index is 13.7. The highest BCUT2D eigenvalue weighted by Crippen LogP contribution is 2.25. The van der Waals surface area contributed by atoms with Crippen molar-refractivity contribution in [2.24, 2.45) is 0 Å². The van der Waals surface area contributed by atoms with Crippen molar-refractivity contribution in [2.45, 2.75) is 24.6 Å². The van der Waals surface area contributed by atoms with Crippen molar-refractivity contribution < 1.29 is 17.2 Å². The van der Waals surface area contributed by atoms with Gasteiger partial charge in [-0.05, 0) is 31.1 Å². The van der Waals surface area contributed by atoms with Crippen LogP contribution in [0, 0.1) is 16.4 Å². The first-order valence-electron chi connectivity index (χ1n) is 6.17. The summed E-state index contributed by atoms with van der Waals surface area (Å²) in [6.45, 7) is 0.129. The van der Waals surface area contributed by atoms with Crippen LogP contribution in [0.25, 0.3) is 11.0 Å². The first-order chi connectivity index (χ1) is 9.38. The lowest BCUT2D eigenvalue weighted by molar-refractivity contribution is 0.567. The minimum absolute atomic E-state index is 0.104. The van der Waals surface area contributed by atoms with E-state index in [9.17, 15) is 17.2 Å². The van der Waals surface area contributed by atoms with Crippen LogP contribution in [0.5, 0.6) is 0 Å². The van der Waals surface area contributed by atoms with E-state index in [0.717, 1.165) is 12.1 Å². The minimum atomic E-state index is -3.14. The summed E-state index contributed by atoms with van der Waals surface area (Å²) in [5.74, 6) is -1.29. The summed E-state index contributed by atoms with van der Waals surface area (Å²) in [6.07, 6.45) is 1.17. The van der Waals surface area contributed by atoms with Crippen molar-refractivity contribution in [1.82, 2.24) is 9.55 Å². The van der Waals surface area contributed by atoms with E-state index in [1.54, 1.807) is 0 Å². The molecule has 1 aliphatic rings. The number of nitrogens with one attached hydrogen (secondary N) is 1. The SMILES string of the molecule is O=S1(=O)CCCC1Cn1c(=S)[nH]c2c(F)cc(F)cc21. The van der Waals surface area contributed by atoms with E-state index in [1.165, 1.54) is 4.57 Å². The number of hydrogen-bond donors (Lipinski definition) is 1. The van der Waals surface area contributed by atoms with E-state index in [2.05, 4.69) is 4.98 Å². The fraction of sp³-hybridized carbons (Fsp3) is 0.417. The number of halogens is 2. The monoisotopic (exact) mass is 318 g/mol. The third kappa shape index (κ3) is 2.16. The molecule has 2 aromatic rings. The van der Waals surface area contributed by atoms with Crippen LogP contribution >= 0.6 is 12.2 Å². The largest absolute Gasteiger partial charge is 0.328 e. The third-order valence-corrected chi connectivity index (χ3v) is 6.23. The summed E-state index contributed by atoms with van der Waals surface area (Å²) in [4.78, 5) is 2.67. The molecule has 20 heavy (non-hydrogen) atoms. The minimum Gasteiger partial charge on any atom is -0.328 e. The van der Waals surface area contributed by atoms with Crippen LogP contribution in [-0.2, 0) is 16.4 Å². The Morgan fingerprint density at radius 1 is 1.40 bits per heavy atom. The van der Waals surface area contributed by atoms with Gasteiger partial charge in [-0.25, -0.2) is 17.2 Å². The first kappa shape index (κ1) is 13.7. The zero-order valence-corrected chi connectivity index (χ0v) is 12.0. The van der Waals surface area contributed by atoms with E-state index < -0.39 is 26.7 Å². The van der Waals surface area contributed by atoms with Crippen LogP contribution < -0.4 is 0 Å². The second-order valence-corrected chi connectivity index (χ2v) is 7.74. The molecule has 1 aromatic heterocycles. The molecule has 0 amide bonds. The number of aromatic nitrogens is 2. The topological polar surface area (TPSA) is 54.9 Å². The van der Waals surface area contributed by atoms with Gasteiger partial charge in [0, 0.05) is 12.6 Å². The molecule has 1 N–H and O–H groups in total. The van der Waals surface area contributed by atoms with Crippen molar-refractivity contribution >= 4 is 33.1 Å². The van der Waals surface area contributed by atoms with Gasteiger partial charge in [-0.15, -0.1) is 0 Å². The molecule has 1 saturated heterocycles. The van der Waals surface area contributed by atoms with Gasteiger partial charge in [0.2, 0.25) is 0 Å². The van der Waals surface area contributed by atoms with Crippen LogP contribution in [0.1, 0.15) is 12.8 Å². The lowest BCUT2D eigenvalue weighted by Crippen LogP contribution is -2.22. The van der Waals surface area contributed by atoms with Crippen molar-refractivity contribution in [3.8, 4) is 0 Å². The molecular weight excluding hydrogens is 306 g/mol. The molecule has 2 heterocycles. The zero-order chi connectivity index (χ0) is 14.5. The highest BCUT2D eigenvalue weighted by molar-refractivity contribution is 7.92. The Hall–Kier alpha value is -1.28. The number of aromatic amines is 1. The number of sulfone groups is 1. The molecule has 1 unspecified atom stereocenters.